The highest BCUT2D eigenvalue weighted by atomic mass is 32.2. The topological polar surface area (TPSA) is 105 Å². The molecule has 30 heavy (non-hydrogen) atoms. The van der Waals surface area contributed by atoms with Gasteiger partial charge in [0.15, 0.2) is 5.69 Å². The van der Waals surface area contributed by atoms with Crippen molar-refractivity contribution >= 4 is 15.9 Å². The van der Waals surface area contributed by atoms with Crippen molar-refractivity contribution in [2.45, 2.75) is 73.9 Å². The fourth-order valence-electron chi connectivity index (χ4n) is 4.72. The van der Waals surface area contributed by atoms with Crippen molar-refractivity contribution in [3.05, 3.63) is 41.8 Å². The Hall–Kier alpha value is -2.33. The number of sulfonamides is 1. The van der Waals surface area contributed by atoms with Crippen LogP contribution in [-0.2, 0) is 10.0 Å². The number of carbonyl (C=O) groups excluding carboxylic acids is 1. The minimum Gasteiger partial charge on any atom is -0.360 e. The molecule has 0 aromatic carbocycles. The molecule has 5 rings (SSSR count). The van der Waals surface area contributed by atoms with Gasteiger partial charge in [0, 0.05) is 36.3 Å². The molecular weight excluding hydrogens is 411 g/mol. The lowest BCUT2D eigenvalue weighted by Crippen LogP contribution is -2.58. The van der Waals surface area contributed by atoms with Crippen LogP contribution in [0.25, 0.3) is 0 Å². The molecule has 8 nitrogen and oxygen atoms in total. The first-order valence-corrected chi connectivity index (χ1v) is 11.8. The van der Waals surface area contributed by atoms with Crippen molar-refractivity contribution in [2.24, 2.45) is 0 Å². The van der Waals surface area contributed by atoms with Crippen LogP contribution in [0, 0.1) is 5.82 Å². The quantitative estimate of drug-likeness (QED) is 0.776. The second kappa shape index (κ2) is 7.42. The van der Waals surface area contributed by atoms with Crippen molar-refractivity contribution < 1.29 is 22.1 Å². The number of carbonyl (C=O) groups is 1. The van der Waals surface area contributed by atoms with Crippen molar-refractivity contribution in [3.8, 4) is 0 Å². The highest BCUT2D eigenvalue weighted by molar-refractivity contribution is 7.89. The van der Waals surface area contributed by atoms with E-state index < -0.39 is 15.8 Å². The van der Waals surface area contributed by atoms with E-state index in [2.05, 4.69) is 15.5 Å². The summed E-state index contributed by atoms with van der Waals surface area (Å²) < 4.78 is 46.7. The maximum absolute atomic E-state index is 13.6. The minimum absolute atomic E-state index is 0.128. The zero-order valence-electron chi connectivity index (χ0n) is 16.3. The molecular formula is C20H23FN4O4S. The Kier molecular flexibility index (Phi) is 4.85. The van der Waals surface area contributed by atoms with Gasteiger partial charge in [0.2, 0.25) is 10.0 Å². The minimum atomic E-state index is -3.86. The summed E-state index contributed by atoms with van der Waals surface area (Å²) in [6.45, 7) is 0. The van der Waals surface area contributed by atoms with Crippen LogP contribution < -0.4 is 5.32 Å². The van der Waals surface area contributed by atoms with E-state index in [-0.39, 0.29) is 34.6 Å². The molecule has 2 aromatic heterocycles. The number of halogens is 1. The molecule has 3 fully saturated rings. The predicted octanol–water partition coefficient (Wildman–Crippen LogP) is 2.59. The van der Waals surface area contributed by atoms with Crippen LogP contribution in [0.2, 0.25) is 0 Å². The average Bonchev–Trinajstić information content (AvgIpc) is 3.43. The number of pyridine rings is 1. The number of nitrogens with zero attached hydrogens (tertiary/aromatic N) is 3. The van der Waals surface area contributed by atoms with E-state index in [1.165, 1.54) is 10.5 Å². The van der Waals surface area contributed by atoms with Crippen LogP contribution >= 0.6 is 0 Å². The van der Waals surface area contributed by atoms with Crippen molar-refractivity contribution in [1.29, 1.82) is 0 Å². The zero-order chi connectivity index (χ0) is 20.9. The van der Waals surface area contributed by atoms with Crippen LogP contribution in [0.1, 0.15) is 67.1 Å². The Bertz CT molecular complexity index is 1050. The molecule has 1 saturated carbocycles. The molecule has 10 heteroatoms. The lowest BCUT2D eigenvalue weighted by Gasteiger charge is -2.47. The third-order valence-corrected chi connectivity index (χ3v) is 8.21. The van der Waals surface area contributed by atoms with Gasteiger partial charge in [0.1, 0.15) is 16.5 Å². The lowest BCUT2D eigenvalue weighted by molar-refractivity contribution is 0.0789. The third-order valence-electron chi connectivity index (χ3n) is 6.24. The van der Waals surface area contributed by atoms with Crippen molar-refractivity contribution in [1.82, 2.24) is 19.8 Å². The molecule has 160 valence electrons. The summed E-state index contributed by atoms with van der Waals surface area (Å²) in [4.78, 5) is 16.2. The number of rotatable bonds is 5. The Morgan fingerprint density at radius 3 is 2.53 bits per heavy atom. The molecule has 0 radical (unpaired) electrons. The summed E-state index contributed by atoms with van der Waals surface area (Å²) in [6, 6.07) is 2.08. The first-order chi connectivity index (χ1) is 14.4. The monoisotopic (exact) mass is 434 g/mol. The van der Waals surface area contributed by atoms with Gasteiger partial charge in [-0.2, -0.15) is 4.31 Å². The van der Waals surface area contributed by atoms with Crippen molar-refractivity contribution in [3.63, 3.8) is 0 Å². The molecule has 3 atom stereocenters. The molecule has 0 spiro atoms. The van der Waals surface area contributed by atoms with E-state index in [1.54, 1.807) is 6.07 Å². The van der Waals surface area contributed by atoms with E-state index in [0.29, 0.717) is 31.6 Å². The number of amides is 1. The highest BCUT2D eigenvalue weighted by Crippen LogP contribution is 2.40. The van der Waals surface area contributed by atoms with E-state index in [4.69, 9.17) is 4.52 Å². The van der Waals surface area contributed by atoms with E-state index >= 15 is 0 Å². The third kappa shape index (κ3) is 3.62. The fourth-order valence-corrected chi connectivity index (χ4v) is 6.59. The van der Waals surface area contributed by atoms with Gasteiger partial charge in [-0.1, -0.05) is 11.6 Å². The molecule has 2 aliphatic heterocycles. The van der Waals surface area contributed by atoms with E-state index in [1.807, 2.05) is 0 Å². The first kappa shape index (κ1) is 19.6. The summed E-state index contributed by atoms with van der Waals surface area (Å²) in [5.74, 6) is 0.159. The van der Waals surface area contributed by atoms with Gasteiger partial charge in [-0.15, -0.1) is 0 Å². The fraction of sp³-hybridized carbons (Fsp3) is 0.550. The highest BCUT2D eigenvalue weighted by Gasteiger charge is 2.45. The van der Waals surface area contributed by atoms with Gasteiger partial charge in [-0.3, -0.25) is 9.78 Å². The Labute approximate surface area is 173 Å². The van der Waals surface area contributed by atoms with Crippen LogP contribution in [0.15, 0.2) is 33.9 Å². The number of hydrogen-bond donors (Lipinski definition) is 1. The molecule has 1 aliphatic carbocycles. The average molecular weight is 434 g/mol. The van der Waals surface area contributed by atoms with Crippen molar-refractivity contribution in [2.75, 3.05) is 0 Å². The van der Waals surface area contributed by atoms with E-state index in [0.717, 1.165) is 37.3 Å². The second-order valence-corrected chi connectivity index (χ2v) is 10.3. The van der Waals surface area contributed by atoms with E-state index in [9.17, 15) is 17.6 Å². The number of nitrogens with one attached hydrogen (secondary N) is 1. The summed E-state index contributed by atoms with van der Waals surface area (Å²) in [5.41, 5.74) is 0.267. The number of aromatic nitrogens is 2. The smallest absolute Gasteiger partial charge is 0.273 e. The molecule has 2 saturated heterocycles. The second-order valence-electron chi connectivity index (χ2n) is 8.44. The number of hydrogen-bond acceptors (Lipinski definition) is 6. The number of fused-ring (bicyclic) bond motifs is 2. The van der Waals surface area contributed by atoms with Crippen LogP contribution in [0.3, 0.4) is 0 Å². The molecule has 1 N–H and O–H groups in total. The van der Waals surface area contributed by atoms with Gasteiger partial charge < -0.3 is 9.84 Å². The molecule has 2 aromatic rings. The summed E-state index contributed by atoms with van der Waals surface area (Å²) in [7, 11) is -3.86. The Balaban J connectivity index is 1.31. The lowest BCUT2D eigenvalue weighted by atomic mass is 9.84. The van der Waals surface area contributed by atoms with Gasteiger partial charge in [0.05, 0.1) is 6.20 Å². The van der Waals surface area contributed by atoms with Crippen LogP contribution in [-0.4, -0.2) is 46.9 Å². The first-order valence-electron chi connectivity index (χ1n) is 10.3. The maximum atomic E-state index is 13.6. The van der Waals surface area contributed by atoms with Gasteiger partial charge >= 0.3 is 0 Å². The standard InChI is InChI=1S/C20H23FN4O4S/c21-13-6-17(11-22-10-13)30(27,28)25-15-2-1-3-16(25)8-14(7-15)23-20(26)18-9-19(29-24-18)12-4-5-12/h6,9-12,14-16H,1-5,7-8H2,(H,23,26)/t14?,15-,16+. The molecule has 1 amide bonds. The molecule has 1 unspecified atom stereocenters. The maximum Gasteiger partial charge on any atom is 0.273 e. The Morgan fingerprint density at radius 2 is 1.87 bits per heavy atom. The van der Waals surface area contributed by atoms with Gasteiger partial charge in [-0.05, 0) is 44.6 Å². The summed E-state index contributed by atoms with van der Waals surface area (Å²) in [5, 5.41) is 6.88. The largest absolute Gasteiger partial charge is 0.360 e. The summed E-state index contributed by atoms with van der Waals surface area (Å²) >= 11 is 0. The van der Waals surface area contributed by atoms with Crippen LogP contribution in [0.4, 0.5) is 4.39 Å². The molecule has 2 bridgehead atoms. The normalized spacial score (nSPS) is 27.0. The molecule has 3 aliphatic rings. The SMILES string of the molecule is O=C(NC1C[C@H]2CCC[C@@H](C1)N2S(=O)(=O)c1cncc(F)c1)c1cc(C2CC2)on1. The van der Waals surface area contributed by atoms with Crippen LogP contribution in [0.5, 0.6) is 0 Å². The molecule has 4 heterocycles. The summed E-state index contributed by atoms with van der Waals surface area (Å²) in [6.07, 6.45) is 7.67. The zero-order valence-corrected chi connectivity index (χ0v) is 17.1. The van der Waals surface area contributed by atoms with Gasteiger partial charge in [0.25, 0.3) is 5.91 Å². The van der Waals surface area contributed by atoms with Gasteiger partial charge in [-0.25, -0.2) is 12.8 Å². The number of piperidine rings is 2. The predicted molar refractivity (Wildman–Crippen MR) is 104 cm³/mol. The Morgan fingerprint density at radius 1 is 1.13 bits per heavy atom.